The lowest BCUT2D eigenvalue weighted by Crippen LogP contribution is -2.23. The van der Waals surface area contributed by atoms with Crippen LogP contribution in [0.4, 0.5) is 0 Å². The normalized spacial score (nSPS) is 14.2. The predicted molar refractivity (Wildman–Crippen MR) is 75.4 cm³/mol. The van der Waals surface area contributed by atoms with E-state index in [1.165, 1.54) is 0 Å². The molecule has 0 heterocycles. The van der Waals surface area contributed by atoms with Crippen LogP contribution in [-0.2, 0) is 4.53 Å². The predicted octanol–water partition coefficient (Wildman–Crippen LogP) is 4.32. The first-order valence-electron chi connectivity index (χ1n) is 6.56. The fourth-order valence-corrected chi connectivity index (χ4v) is 1.85. The van der Waals surface area contributed by atoms with Crippen molar-refractivity contribution in [1.29, 1.82) is 5.26 Å². The summed E-state index contributed by atoms with van der Waals surface area (Å²) in [6.07, 6.45) is 4.77. The molecule has 1 unspecified atom stereocenters. The molecule has 0 saturated carbocycles. The van der Waals surface area contributed by atoms with Gasteiger partial charge in [0.1, 0.15) is 0 Å². The van der Waals surface area contributed by atoms with E-state index in [4.69, 9.17) is 9.79 Å². The van der Waals surface area contributed by atoms with E-state index in [0.717, 1.165) is 37.8 Å². The molecule has 17 heavy (non-hydrogen) atoms. The van der Waals surface area contributed by atoms with E-state index < -0.39 is 8.32 Å². The summed E-state index contributed by atoms with van der Waals surface area (Å²) in [5, 5.41) is 13.2. The zero-order valence-electron chi connectivity index (χ0n) is 11.9. The molecule has 1 atom stereocenters. The van der Waals surface area contributed by atoms with Crippen LogP contribution in [0.5, 0.6) is 0 Å². The van der Waals surface area contributed by atoms with Gasteiger partial charge in [0.25, 0.3) is 8.32 Å². The van der Waals surface area contributed by atoms with E-state index in [1.54, 1.807) is 0 Å². The highest BCUT2D eigenvalue weighted by Gasteiger charge is 2.16. The van der Waals surface area contributed by atoms with Gasteiger partial charge < -0.3 is 4.53 Å². The minimum Gasteiger partial charge on any atom is -0.456 e. The first-order valence-corrected chi connectivity index (χ1v) is 9.97. The number of hydrogen-bond acceptors (Lipinski definition) is 3. The number of nitrogens with zero attached hydrogens (tertiary/aromatic N) is 2. The monoisotopic (exact) mass is 254 g/mol. The molecule has 0 radical (unpaired) electrons. The van der Waals surface area contributed by atoms with Crippen molar-refractivity contribution in [3.63, 3.8) is 0 Å². The fraction of sp³-hybridized carbons (Fsp3) is 0.846. The average molecular weight is 254 g/mol. The Labute approximate surface area is 107 Å². The van der Waals surface area contributed by atoms with Crippen molar-refractivity contribution in [1.82, 2.24) is 0 Å². The van der Waals surface area contributed by atoms with Crippen LogP contribution in [0, 0.1) is 17.2 Å². The van der Waals surface area contributed by atoms with Crippen LogP contribution in [0.2, 0.25) is 19.6 Å². The van der Waals surface area contributed by atoms with Crippen LogP contribution >= 0.6 is 0 Å². The van der Waals surface area contributed by atoms with E-state index >= 15 is 0 Å². The molecule has 0 fully saturated rings. The lowest BCUT2D eigenvalue weighted by molar-refractivity contribution is 0.332. The summed E-state index contributed by atoms with van der Waals surface area (Å²) in [5.41, 5.74) is 1.09. The third-order valence-electron chi connectivity index (χ3n) is 2.46. The molecular weight excluding hydrogens is 228 g/mol. The molecule has 0 aromatic rings. The maximum absolute atomic E-state index is 8.99. The first kappa shape index (κ1) is 16.2. The van der Waals surface area contributed by atoms with Gasteiger partial charge in [-0.05, 0) is 45.3 Å². The number of nitriles is 1. The summed E-state index contributed by atoms with van der Waals surface area (Å²) in [5.74, 6) is 0.170. The molecule has 0 rings (SSSR count). The molecule has 0 aromatic heterocycles. The second kappa shape index (κ2) is 8.29. The van der Waals surface area contributed by atoms with Gasteiger partial charge in [-0.2, -0.15) is 5.26 Å². The Morgan fingerprint density at radius 3 is 2.35 bits per heavy atom. The third kappa shape index (κ3) is 8.93. The van der Waals surface area contributed by atoms with Gasteiger partial charge in [0.15, 0.2) is 0 Å². The summed E-state index contributed by atoms with van der Waals surface area (Å²) >= 11 is 0. The van der Waals surface area contributed by atoms with E-state index in [2.05, 4.69) is 44.7 Å². The second-order valence-corrected chi connectivity index (χ2v) is 9.78. The van der Waals surface area contributed by atoms with E-state index in [9.17, 15) is 0 Å². The molecule has 0 aliphatic carbocycles. The van der Waals surface area contributed by atoms with Gasteiger partial charge in [-0.3, -0.25) is 0 Å². The highest BCUT2D eigenvalue weighted by atomic mass is 28.4. The fourth-order valence-electron chi connectivity index (χ4n) is 1.45. The molecule has 0 aliphatic heterocycles. The summed E-state index contributed by atoms with van der Waals surface area (Å²) in [4.78, 5) is 0. The zero-order valence-corrected chi connectivity index (χ0v) is 12.9. The van der Waals surface area contributed by atoms with Crippen LogP contribution in [0.1, 0.15) is 46.0 Å². The smallest absolute Gasteiger partial charge is 0.278 e. The van der Waals surface area contributed by atoms with E-state index in [0.29, 0.717) is 0 Å². The highest BCUT2D eigenvalue weighted by Crippen LogP contribution is 2.14. The molecule has 0 N–H and O–H groups in total. The lowest BCUT2D eigenvalue weighted by atomic mass is 9.97. The minimum atomic E-state index is -1.57. The molecule has 0 aliphatic rings. The van der Waals surface area contributed by atoms with Gasteiger partial charge in [0.05, 0.1) is 11.8 Å². The topological polar surface area (TPSA) is 45.4 Å². The van der Waals surface area contributed by atoms with Crippen molar-refractivity contribution < 1.29 is 4.53 Å². The summed E-state index contributed by atoms with van der Waals surface area (Å²) in [6.45, 7) is 10.6. The quantitative estimate of drug-likeness (QED) is 0.368. The van der Waals surface area contributed by atoms with Crippen LogP contribution in [0.15, 0.2) is 5.16 Å². The maximum atomic E-state index is 8.99. The Bertz CT molecular complexity index is 276. The van der Waals surface area contributed by atoms with Gasteiger partial charge in [-0.15, -0.1) is 5.16 Å². The molecule has 0 aromatic carbocycles. The van der Waals surface area contributed by atoms with Gasteiger partial charge >= 0.3 is 0 Å². The van der Waals surface area contributed by atoms with Crippen molar-refractivity contribution in [2.45, 2.75) is 65.6 Å². The van der Waals surface area contributed by atoms with E-state index in [-0.39, 0.29) is 5.92 Å². The molecule has 98 valence electrons. The van der Waals surface area contributed by atoms with Crippen LogP contribution in [0.3, 0.4) is 0 Å². The lowest BCUT2D eigenvalue weighted by Gasteiger charge is -2.15. The molecule has 0 spiro atoms. The van der Waals surface area contributed by atoms with Crippen molar-refractivity contribution in [3.8, 4) is 6.07 Å². The number of oxime groups is 1. The highest BCUT2D eigenvalue weighted by molar-refractivity contribution is 6.69. The number of hydrogen-bond donors (Lipinski definition) is 0. The summed E-state index contributed by atoms with van der Waals surface area (Å²) < 4.78 is 5.55. The maximum Gasteiger partial charge on any atom is 0.278 e. The molecule has 0 amide bonds. The molecular formula is C13H26N2OSi. The SMILES string of the molecule is CCCC(C#N)CCC(CC)=NO[Si](C)(C)C. The van der Waals surface area contributed by atoms with E-state index in [1.807, 2.05) is 0 Å². The molecule has 4 heteroatoms. The zero-order chi connectivity index (χ0) is 13.3. The molecule has 0 saturated heterocycles. The minimum absolute atomic E-state index is 0.170. The summed E-state index contributed by atoms with van der Waals surface area (Å²) in [7, 11) is -1.57. The van der Waals surface area contributed by atoms with Gasteiger partial charge in [-0.25, -0.2) is 0 Å². The number of rotatable bonds is 8. The van der Waals surface area contributed by atoms with Crippen molar-refractivity contribution in [3.05, 3.63) is 0 Å². The van der Waals surface area contributed by atoms with Crippen molar-refractivity contribution >= 4 is 14.0 Å². The van der Waals surface area contributed by atoms with Crippen molar-refractivity contribution in [2.75, 3.05) is 0 Å². The third-order valence-corrected chi connectivity index (χ3v) is 3.10. The summed E-state index contributed by atoms with van der Waals surface area (Å²) in [6, 6.07) is 2.37. The van der Waals surface area contributed by atoms with Crippen molar-refractivity contribution in [2.24, 2.45) is 11.1 Å². The standard InChI is InChI=1S/C13H26N2OSi/c1-6-8-12(11-14)9-10-13(7-2)15-16-17(3,4)5/h12H,6-10H2,1-5H3. The second-order valence-electron chi connectivity index (χ2n) is 5.37. The van der Waals surface area contributed by atoms with Gasteiger partial charge in [0.2, 0.25) is 0 Å². The first-order chi connectivity index (χ1) is 7.92. The Morgan fingerprint density at radius 1 is 1.29 bits per heavy atom. The molecule has 0 bridgehead atoms. The Morgan fingerprint density at radius 2 is 1.94 bits per heavy atom. The Kier molecular flexibility index (Phi) is 7.89. The van der Waals surface area contributed by atoms with Crippen LogP contribution in [0.25, 0.3) is 0 Å². The van der Waals surface area contributed by atoms with Gasteiger partial charge in [0, 0.05) is 5.92 Å². The van der Waals surface area contributed by atoms with Crippen LogP contribution in [-0.4, -0.2) is 14.0 Å². The average Bonchev–Trinajstić information content (AvgIpc) is 2.26. The largest absolute Gasteiger partial charge is 0.456 e. The Balaban J connectivity index is 4.18. The van der Waals surface area contributed by atoms with Crippen LogP contribution < -0.4 is 0 Å². The molecule has 3 nitrogen and oxygen atoms in total. The Hall–Kier alpha value is -0.823. The van der Waals surface area contributed by atoms with Gasteiger partial charge in [-0.1, -0.05) is 20.3 Å².